The monoisotopic (exact) mass is 161 g/mol. The molecule has 1 heterocycles. The van der Waals surface area contributed by atoms with Crippen molar-refractivity contribution in [3.63, 3.8) is 0 Å². The molecule has 0 bridgehead atoms. The molecule has 2 heteroatoms. The van der Waals surface area contributed by atoms with Crippen molar-refractivity contribution in [2.45, 2.75) is 19.4 Å². The fourth-order valence-electron chi connectivity index (χ4n) is 1.18. The Hall–Kier alpha value is -1.31. The van der Waals surface area contributed by atoms with Gasteiger partial charge >= 0.3 is 0 Å². The molecule has 0 saturated heterocycles. The topological polar surface area (TPSA) is 21.6 Å². The van der Waals surface area contributed by atoms with E-state index in [0.29, 0.717) is 0 Å². The molecule has 0 N–H and O–H groups in total. The molecule has 0 aliphatic carbocycles. The van der Waals surface area contributed by atoms with Crippen LogP contribution in [0.15, 0.2) is 29.3 Å². The lowest BCUT2D eigenvalue weighted by Gasteiger charge is -2.26. The highest BCUT2D eigenvalue weighted by molar-refractivity contribution is 5.76. The molecule has 0 fully saturated rings. The Morgan fingerprint density at radius 1 is 1.25 bits per heavy atom. The molecular formula is C10H11NO. The summed E-state index contributed by atoms with van der Waals surface area (Å²) in [5, 5.41) is 0. The summed E-state index contributed by atoms with van der Waals surface area (Å²) in [5.74, 6) is 0.866. The summed E-state index contributed by atoms with van der Waals surface area (Å²) in [6.45, 7) is 3.98. The first-order valence-corrected chi connectivity index (χ1v) is 4.01. The number of benzene rings is 1. The fraction of sp³-hybridized carbons (Fsp3) is 0.300. The first kappa shape index (κ1) is 7.35. The third-order valence-corrected chi connectivity index (χ3v) is 1.75. The number of hydrogen-bond acceptors (Lipinski definition) is 2. The summed E-state index contributed by atoms with van der Waals surface area (Å²) in [4.78, 5) is 4.30. The van der Waals surface area contributed by atoms with E-state index in [1.807, 2.05) is 44.3 Å². The van der Waals surface area contributed by atoms with Gasteiger partial charge in [-0.1, -0.05) is 12.1 Å². The summed E-state index contributed by atoms with van der Waals surface area (Å²) in [5.41, 5.74) is 0.644. The lowest BCUT2D eigenvalue weighted by atomic mass is 10.1. The largest absolute Gasteiger partial charge is 0.480 e. The lowest BCUT2D eigenvalue weighted by molar-refractivity contribution is 0.184. The maximum absolute atomic E-state index is 5.67. The average Bonchev–Trinajstić information content (AvgIpc) is 2.02. The fourth-order valence-corrected chi connectivity index (χ4v) is 1.18. The van der Waals surface area contributed by atoms with Crippen LogP contribution in [-0.4, -0.2) is 11.8 Å². The van der Waals surface area contributed by atoms with E-state index in [0.717, 1.165) is 11.4 Å². The van der Waals surface area contributed by atoms with Crippen LogP contribution in [0, 0.1) is 0 Å². The molecule has 0 radical (unpaired) electrons. The number of rotatable bonds is 0. The van der Waals surface area contributed by atoms with Crippen LogP contribution in [0.2, 0.25) is 0 Å². The van der Waals surface area contributed by atoms with Crippen molar-refractivity contribution < 1.29 is 4.74 Å². The van der Waals surface area contributed by atoms with Crippen LogP contribution < -0.4 is 4.74 Å². The zero-order valence-corrected chi connectivity index (χ0v) is 7.24. The Morgan fingerprint density at radius 2 is 2.00 bits per heavy atom. The highest BCUT2D eigenvalue weighted by Gasteiger charge is 2.21. The minimum atomic E-state index is -0.269. The van der Waals surface area contributed by atoms with Gasteiger partial charge in [0.25, 0.3) is 0 Å². The molecule has 0 unspecified atom stereocenters. The van der Waals surface area contributed by atoms with E-state index >= 15 is 0 Å². The second-order valence-corrected chi connectivity index (χ2v) is 3.43. The third-order valence-electron chi connectivity index (χ3n) is 1.75. The van der Waals surface area contributed by atoms with E-state index in [-0.39, 0.29) is 5.60 Å². The van der Waals surface area contributed by atoms with Crippen LogP contribution in [0.25, 0.3) is 0 Å². The van der Waals surface area contributed by atoms with Gasteiger partial charge in [-0.05, 0) is 26.0 Å². The molecule has 2 nitrogen and oxygen atoms in total. The Morgan fingerprint density at radius 3 is 2.83 bits per heavy atom. The molecule has 1 aliphatic heterocycles. The van der Waals surface area contributed by atoms with E-state index in [2.05, 4.69) is 4.99 Å². The maximum Gasteiger partial charge on any atom is 0.146 e. The SMILES string of the molecule is CC1(C)C=Nc2ccccc2O1. The van der Waals surface area contributed by atoms with Crippen molar-refractivity contribution in [2.75, 3.05) is 0 Å². The van der Waals surface area contributed by atoms with Crippen LogP contribution in [0.4, 0.5) is 5.69 Å². The number of hydrogen-bond donors (Lipinski definition) is 0. The summed E-state index contributed by atoms with van der Waals surface area (Å²) in [7, 11) is 0. The maximum atomic E-state index is 5.67. The van der Waals surface area contributed by atoms with Crippen molar-refractivity contribution >= 4 is 11.9 Å². The molecule has 62 valence electrons. The molecule has 2 rings (SSSR count). The summed E-state index contributed by atoms with van der Waals surface area (Å²) >= 11 is 0. The first-order valence-electron chi connectivity index (χ1n) is 4.01. The predicted molar refractivity (Wildman–Crippen MR) is 49.3 cm³/mol. The standard InChI is InChI=1S/C10H11NO/c1-10(2)7-11-8-5-3-4-6-9(8)12-10/h3-7H,1-2H3. The molecule has 1 aromatic rings. The lowest BCUT2D eigenvalue weighted by Crippen LogP contribution is -2.31. The van der Waals surface area contributed by atoms with Gasteiger partial charge in [0.05, 0.1) is 0 Å². The van der Waals surface area contributed by atoms with Gasteiger partial charge in [0.1, 0.15) is 17.0 Å². The van der Waals surface area contributed by atoms with Crippen molar-refractivity contribution in [1.29, 1.82) is 0 Å². The minimum absolute atomic E-state index is 0.269. The molecule has 1 aliphatic rings. The smallest absolute Gasteiger partial charge is 0.146 e. The zero-order chi connectivity index (χ0) is 8.60. The van der Waals surface area contributed by atoms with Gasteiger partial charge in [-0.2, -0.15) is 0 Å². The Labute approximate surface area is 71.9 Å². The summed E-state index contributed by atoms with van der Waals surface area (Å²) < 4.78 is 5.67. The molecule has 0 amide bonds. The molecule has 1 aromatic carbocycles. The highest BCUT2D eigenvalue weighted by atomic mass is 16.5. The van der Waals surface area contributed by atoms with Crippen LogP contribution >= 0.6 is 0 Å². The van der Waals surface area contributed by atoms with Gasteiger partial charge < -0.3 is 4.74 Å². The van der Waals surface area contributed by atoms with E-state index in [1.54, 1.807) is 0 Å². The quantitative estimate of drug-likeness (QED) is 0.573. The number of nitrogens with zero attached hydrogens (tertiary/aromatic N) is 1. The van der Waals surface area contributed by atoms with Crippen molar-refractivity contribution in [3.05, 3.63) is 24.3 Å². The number of fused-ring (bicyclic) bond motifs is 1. The van der Waals surface area contributed by atoms with Crippen LogP contribution in [-0.2, 0) is 0 Å². The van der Waals surface area contributed by atoms with Gasteiger partial charge in [-0.15, -0.1) is 0 Å². The van der Waals surface area contributed by atoms with Gasteiger partial charge in [-0.3, -0.25) is 4.99 Å². The minimum Gasteiger partial charge on any atom is -0.480 e. The molecule has 0 aromatic heterocycles. The molecule has 0 atom stereocenters. The second kappa shape index (κ2) is 2.34. The molecule has 12 heavy (non-hydrogen) atoms. The first-order chi connectivity index (χ1) is 5.67. The normalized spacial score (nSPS) is 18.2. The van der Waals surface area contributed by atoms with Gasteiger partial charge in [0.2, 0.25) is 0 Å². The van der Waals surface area contributed by atoms with E-state index in [4.69, 9.17) is 4.74 Å². The van der Waals surface area contributed by atoms with Crippen LogP contribution in [0.1, 0.15) is 13.8 Å². The number of para-hydroxylation sites is 2. The van der Waals surface area contributed by atoms with Crippen molar-refractivity contribution in [1.82, 2.24) is 0 Å². The van der Waals surface area contributed by atoms with E-state index in [9.17, 15) is 0 Å². The Balaban J connectivity index is 2.46. The van der Waals surface area contributed by atoms with Crippen LogP contribution in [0.3, 0.4) is 0 Å². The predicted octanol–water partition coefficient (Wildman–Crippen LogP) is 2.56. The second-order valence-electron chi connectivity index (χ2n) is 3.43. The highest BCUT2D eigenvalue weighted by Crippen LogP contribution is 2.32. The third kappa shape index (κ3) is 1.20. The zero-order valence-electron chi connectivity index (χ0n) is 7.24. The average molecular weight is 161 g/mol. The number of aliphatic imine (C=N–C) groups is 1. The molecule has 0 saturated carbocycles. The van der Waals surface area contributed by atoms with Crippen LogP contribution in [0.5, 0.6) is 5.75 Å². The van der Waals surface area contributed by atoms with Gasteiger partial charge in [0, 0.05) is 6.21 Å². The van der Waals surface area contributed by atoms with E-state index in [1.165, 1.54) is 0 Å². The van der Waals surface area contributed by atoms with Crippen molar-refractivity contribution in [3.8, 4) is 5.75 Å². The van der Waals surface area contributed by atoms with E-state index < -0.39 is 0 Å². The molecular weight excluding hydrogens is 150 g/mol. The van der Waals surface area contributed by atoms with Crippen molar-refractivity contribution in [2.24, 2.45) is 4.99 Å². The van der Waals surface area contributed by atoms with Gasteiger partial charge in [0.15, 0.2) is 0 Å². The Kier molecular flexibility index (Phi) is 1.43. The Bertz CT molecular complexity index is 328. The molecule has 0 spiro atoms. The summed E-state index contributed by atoms with van der Waals surface area (Å²) in [6, 6.07) is 7.79. The summed E-state index contributed by atoms with van der Waals surface area (Å²) in [6.07, 6.45) is 1.83. The van der Waals surface area contributed by atoms with Gasteiger partial charge in [-0.25, -0.2) is 0 Å². The number of ether oxygens (including phenoxy) is 1.